The molecule has 3 aromatic rings. The van der Waals surface area contributed by atoms with E-state index in [1.165, 1.54) is 0 Å². The van der Waals surface area contributed by atoms with E-state index in [1.54, 1.807) is 0 Å². The lowest BCUT2D eigenvalue weighted by molar-refractivity contribution is 1.20. The monoisotopic (exact) mass is 169 g/mol. The summed E-state index contributed by atoms with van der Waals surface area (Å²) in [5.41, 5.74) is 2.21. The Morgan fingerprint density at radius 2 is 2.00 bits per heavy atom. The van der Waals surface area contributed by atoms with Crippen molar-refractivity contribution in [2.75, 3.05) is 0 Å². The van der Waals surface area contributed by atoms with E-state index in [0.717, 1.165) is 16.8 Å². The first-order valence-electron chi connectivity index (χ1n) is 4.24. The van der Waals surface area contributed by atoms with Crippen LogP contribution in [0.2, 0.25) is 0 Å². The molecule has 62 valence electrons. The fourth-order valence-corrected chi connectivity index (χ4v) is 1.66. The summed E-state index contributed by atoms with van der Waals surface area (Å²) < 4.78 is 4.11. The second-order valence-corrected chi connectivity index (χ2v) is 3.18. The summed E-state index contributed by atoms with van der Waals surface area (Å²) in [4.78, 5) is 4.50. The van der Waals surface area contributed by atoms with Crippen LogP contribution in [-0.4, -0.2) is 21.8 Å². The molecule has 0 radical (unpaired) electrons. The molecule has 4 heteroatoms. The van der Waals surface area contributed by atoms with Crippen molar-refractivity contribution in [1.82, 2.24) is 13.9 Å². The molecule has 0 aliphatic carbocycles. The molecular formula is C9H8BN3. The highest BCUT2D eigenvalue weighted by Crippen LogP contribution is 2.15. The normalized spacial score (nSPS) is 11.4. The van der Waals surface area contributed by atoms with Gasteiger partial charge in [-0.15, -0.1) is 0 Å². The fraction of sp³-hybridized carbons (Fsp3) is 0. The van der Waals surface area contributed by atoms with E-state index in [9.17, 15) is 0 Å². The van der Waals surface area contributed by atoms with Crippen molar-refractivity contribution in [1.29, 1.82) is 0 Å². The molecule has 3 rings (SSSR count). The molecule has 0 atom stereocenters. The molecule has 2 heterocycles. The highest BCUT2D eigenvalue weighted by molar-refractivity contribution is 6.08. The number of para-hydroxylation sites is 2. The van der Waals surface area contributed by atoms with Crippen LogP contribution in [0, 0.1) is 0 Å². The van der Waals surface area contributed by atoms with E-state index in [4.69, 9.17) is 0 Å². The van der Waals surface area contributed by atoms with Crippen molar-refractivity contribution >= 4 is 24.8 Å². The van der Waals surface area contributed by atoms with Crippen molar-refractivity contribution in [3.63, 3.8) is 0 Å². The van der Waals surface area contributed by atoms with Gasteiger partial charge < -0.3 is 4.48 Å². The summed E-state index contributed by atoms with van der Waals surface area (Å²) >= 11 is 0. The maximum absolute atomic E-state index is 4.50. The summed E-state index contributed by atoms with van der Waals surface area (Å²) in [5.74, 6) is 0.987. The number of fused-ring (bicyclic) bond motifs is 3. The summed E-state index contributed by atoms with van der Waals surface area (Å²) in [7, 11) is 2.00. The molecule has 0 aliphatic heterocycles. The Morgan fingerprint density at radius 3 is 2.92 bits per heavy atom. The number of benzene rings is 1. The number of rotatable bonds is 0. The maximum Gasteiger partial charge on any atom is 0.226 e. The third-order valence-corrected chi connectivity index (χ3v) is 2.33. The zero-order chi connectivity index (χ0) is 8.84. The van der Waals surface area contributed by atoms with Gasteiger partial charge in [-0.3, -0.25) is 4.40 Å². The third kappa shape index (κ3) is 0.772. The van der Waals surface area contributed by atoms with Crippen LogP contribution in [0.1, 0.15) is 0 Å². The van der Waals surface area contributed by atoms with Crippen molar-refractivity contribution in [2.24, 2.45) is 0 Å². The van der Waals surface area contributed by atoms with Gasteiger partial charge in [0.2, 0.25) is 13.8 Å². The van der Waals surface area contributed by atoms with E-state index >= 15 is 0 Å². The largest absolute Gasteiger partial charge is 0.369 e. The molecule has 0 N–H and O–H groups in total. The molecule has 0 spiro atoms. The van der Waals surface area contributed by atoms with E-state index in [0.29, 0.717) is 0 Å². The first-order chi connectivity index (χ1) is 6.36. The van der Waals surface area contributed by atoms with E-state index in [-0.39, 0.29) is 0 Å². The van der Waals surface area contributed by atoms with Crippen LogP contribution >= 0.6 is 0 Å². The van der Waals surface area contributed by atoms with E-state index in [2.05, 4.69) is 15.5 Å². The molecule has 0 fully saturated rings. The van der Waals surface area contributed by atoms with Gasteiger partial charge in [0.05, 0.1) is 11.0 Å². The summed E-state index contributed by atoms with van der Waals surface area (Å²) in [6.07, 6.45) is 4.04. The minimum absolute atomic E-state index is 0.987. The minimum atomic E-state index is 0.987. The van der Waals surface area contributed by atoms with Crippen LogP contribution in [0.3, 0.4) is 0 Å². The molecule has 0 aliphatic rings. The number of aromatic nitrogens is 3. The van der Waals surface area contributed by atoms with Crippen LogP contribution in [0.25, 0.3) is 16.8 Å². The van der Waals surface area contributed by atoms with Gasteiger partial charge in [-0.1, -0.05) is 12.1 Å². The zero-order valence-electron chi connectivity index (χ0n) is 7.31. The van der Waals surface area contributed by atoms with Crippen LogP contribution in [0.15, 0.2) is 36.7 Å². The molecule has 0 saturated heterocycles. The zero-order valence-corrected chi connectivity index (χ0v) is 7.31. The average Bonchev–Trinajstić information content (AvgIpc) is 2.67. The molecule has 0 bridgehead atoms. The number of nitrogens with zero attached hydrogens (tertiary/aromatic N) is 3. The smallest absolute Gasteiger partial charge is 0.226 e. The number of hydrogen-bond donors (Lipinski definition) is 0. The van der Waals surface area contributed by atoms with Gasteiger partial charge in [0.1, 0.15) is 0 Å². The predicted octanol–water partition coefficient (Wildman–Crippen LogP) is 0.685. The van der Waals surface area contributed by atoms with Crippen LogP contribution in [0.4, 0.5) is 0 Å². The number of hydrogen-bond acceptors (Lipinski definition) is 1. The summed E-state index contributed by atoms with van der Waals surface area (Å²) in [6, 6.07) is 8.15. The molecule has 0 saturated carbocycles. The Morgan fingerprint density at radius 1 is 1.15 bits per heavy atom. The Kier molecular flexibility index (Phi) is 1.13. The van der Waals surface area contributed by atoms with Crippen molar-refractivity contribution < 1.29 is 0 Å². The second-order valence-electron chi connectivity index (χ2n) is 3.18. The SMILES string of the molecule is Bn1ccn2c3ccccc3nc12. The Balaban J connectivity index is 2.64. The first kappa shape index (κ1) is 6.77. The quantitative estimate of drug-likeness (QED) is 0.453. The Labute approximate surface area is 76.0 Å². The summed E-state index contributed by atoms with van der Waals surface area (Å²) in [5, 5.41) is 0. The van der Waals surface area contributed by atoms with Gasteiger partial charge in [0, 0.05) is 12.4 Å². The molecular weight excluding hydrogens is 161 g/mol. The van der Waals surface area contributed by atoms with Gasteiger partial charge in [-0.05, 0) is 12.1 Å². The van der Waals surface area contributed by atoms with Crippen molar-refractivity contribution in [3.05, 3.63) is 36.7 Å². The summed E-state index contributed by atoms with van der Waals surface area (Å²) in [6.45, 7) is 0. The topological polar surface area (TPSA) is 22.2 Å². The third-order valence-electron chi connectivity index (χ3n) is 2.33. The highest BCUT2D eigenvalue weighted by atomic mass is 15.1. The van der Waals surface area contributed by atoms with E-state index in [1.807, 2.05) is 43.1 Å². The highest BCUT2D eigenvalue weighted by Gasteiger charge is 2.04. The second kappa shape index (κ2) is 2.16. The Bertz CT molecular complexity index is 579. The van der Waals surface area contributed by atoms with E-state index < -0.39 is 0 Å². The maximum atomic E-state index is 4.50. The molecule has 13 heavy (non-hydrogen) atoms. The molecule has 3 nitrogen and oxygen atoms in total. The fourth-order valence-electron chi connectivity index (χ4n) is 1.66. The lowest BCUT2D eigenvalue weighted by Gasteiger charge is -1.86. The van der Waals surface area contributed by atoms with Gasteiger partial charge in [-0.2, -0.15) is 0 Å². The lowest BCUT2D eigenvalue weighted by atomic mass is 10.3. The lowest BCUT2D eigenvalue weighted by Crippen LogP contribution is -1.89. The van der Waals surface area contributed by atoms with Gasteiger partial charge in [-0.25, -0.2) is 4.98 Å². The average molecular weight is 169 g/mol. The van der Waals surface area contributed by atoms with Gasteiger partial charge in [0.15, 0.2) is 0 Å². The van der Waals surface area contributed by atoms with Crippen LogP contribution < -0.4 is 0 Å². The number of imidazole rings is 2. The standard InChI is InChI=1S/C9H8BN3/c10-13-6-5-12-8-4-2-1-3-7(8)11-9(12)13/h1-6H,10H2. The van der Waals surface area contributed by atoms with Crippen LogP contribution in [0.5, 0.6) is 0 Å². The molecule has 2 aromatic heterocycles. The van der Waals surface area contributed by atoms with Crippen molar-refractivity contribution in [2.45, 2.75) is 0 Å². The van der Waals surface area contributed by atoms with Gasteiger partial charge >= 0.3 is 0 Å². The molecule has 0 unspecified atom stereocenters. The molecule has 1 aromatic carbocycles. The predicted molar refractivity (Wildman–Crippen MR) is 54.6 cm³/mol. The molecule has 0 amide bonds. The minimum Gasteiger partial charge on any atom is -0.369 e. The van der Waals surface area contributed by atoms with Crippen molar-refractivity contribution in [3.8, 4) is 0 Å². The first-order valence-corrected chi connectivity index (χ1v) is 4.24. The van der Waals surface area contributed by atoms with Gasteiger partial charge in [0.25, 0.3) is 0 Å². The van der Waals surface area contributed by atoms with Crippen LogP contribution in [-0.2, 0) is 0 Å². The Hall–Kier alpha value is -1.71.